The average Bonchev–Trinajstić information content (AvgIpc) is 2.55. The molecule has 1 heterocycles. The second-order valence-electron chi connectivity index (χ2n) is 5.03. The number of hydrogen-bond donors (Lipinski definition) is 0. The Labute approximate surface area is 128 Å². The summed E-state index contributed by atoms with van der Waals surface area (Å²) < 4.78 is 15.9. The number of carbonyl (C=O) groups is 1. The third-order valence-corrected chi connectivity index (χ3v) is 3.76. The summed E-state index contributed by atoms with van der Waals surface area (Å²) in [5.74, 6) is -0.610. The summed E-state index contributed by atoms with van der Waals surface area (Å²) in [6, 6.07) is 2.21. The molecular weight excluding hydrogens is 282 g/mol. The summed E-state index contributed by atoms with van der Waals surface area (Å²) in [5, 5.41) is 9.40. The van der Waals surface area contributed by atoms with E-state index < -0.39 is 18.4 Å². The van der Waals surface area contributed by atoms with Crippen LogP contribution in [0.1, 0.15) is 12.8 Å². The molecule has 22 heavy (non-hydrogen) atoms. The molecule has 2 unspecified atom stereocenters. The van der Waals surface area contributed by atoms with Crippen molar-refractivity contribution in [3.63, 3.8) is 0 Å². The van der Waals surface area contributed by atoms with E-state index in [9.17, 15) is 10.1 Å². The van der Waals surface area contributed by atoms with Gasteiger partial charge >= 0.3 is 5.97 Å². The van der Waals surface area contributed by atoms with Crippen LogP contribution in [0, 0.1) is 11.3 Å². The normalized spacial score (nSPS) is 29.6. The molecule has 0 N–H and O–H groups in total. The maximum atomic E-state index is 11.8. The first-order chi connectivity index (χ1) is 10.7. The molecule has 2 atom stereocenters. The van der Waals surface area contributed by atoms with E-state index in [2.05, 4.69) is 6.07 Å². The van der Waals surface area contributed by atoms with Crippen LogP contribution in [-0.4, -0.2) is 25.5 Å². The maximum Gasteiger partial charge on any atom is 0.376 e. The van der Waals surface area contributed by atoms with Crippen molar-refractivity contribution in [2.24, 2.45) is 0 Å². The molecule has 0 amide bonds. The molecule has 112 valence electrons. The van der Waals surface area contributed by atoms with Crippen molar-refractivity contribution in [2.45, 2.75) is 25.2 Å². The van der Waals surface area contributed by atoms with Crippen LogP contribution >= 0.6 is 0 Å². The number of allylic oxidation sites excluding steroid dienone is 6. The Bertz CT molecular complexity index is 688. The van der Waals surface area contributed by atoms with E-state index in [0.717, 1.165) is 29.6 Å². The Morgan fingerprint density at radius 2 is 2.36 bits per heavy atom. The molecule has 2 aliphatic carbocycles. The first-order valence-corrected chi connectivity index (χ1v) is 7.02. The Balaban J connectivity index is 2.10. The predicted molar refractivity (Wildman–Crippen MR) is 78.1 cm³/mol. The van der Waals surface area contributed by atoms with Crippen LogP contribution in [0.5, 0.6) is 0 Å². The molecule has 5 heteroatoms. The van der Waals surface area contributed by atoms with Crippen molar-refractivity contribution in [3.05, 3.63) is 58.9 Å². The lowest BCUT2D eigenvalue weighted by molar-refractivity contribution is -0.185. The summed E-state index contributed by atoms with van der Waals surface area (Å²) >= 11 is 0. The molecule has 3 rings (SSSR count). The van der Waals surface area contributed by atoms with Gasteiger partial charge in [0.2, 0.25) is 0 Å². The predicted octanol–water partition coefficient (Wildman–Crippen LogP) is 2.45. The number of nitrogens with zero attached hydrogens (tertiary/aromatic N) is 1. The van der Waals surface area contributed by atoms with E-state index in [1.807, 2.05) is 18.2 Å². The van der Waals surface area contributed by atoms with Gasteiger partial charge in [-0.1, -0.05) is 24.3 Å². The fourth-order valence-electron chi connectivity index (χ4n) is 2.73. The summed E-state index contributed by atoms with van der Waals surface area (Å²) in [5.41, 5.74) is 3.24. The lowest BCUT2D eigenvalue weighted by atomic mass is 9.84. The van der Waals surface area contributed by atoms with Crippen molar-refractivity contribution in [1.29, 1.82) is 5.26 Å². The molecule has 5 nitrogen and oxygen atoms in total. The molecule has 0 aromatic rings. The first-order valence-electron chi connectivity index (χ1n) is 7.02. The van der Waals surface area contributed by atoms with Gasteiger partial charge in [-0.3, -0.25) is 0 Å². The van der Waals surface area contributed by atoms with Gasteiger partial charge in [0.05, 0.1) is 25.0 Å². The van der Waals surface area contributed by atoms with Crippen LogP contribution in [0.4, 0.5) is 0 Å². The highest BCUT2D eigenvalue weighted by Gasteiger charge is 2.33. The summed E-state index contributed by atoms with van der Waals surface area (Å²) in [6.45, 7) is 0. The van der Waals surface area contributed by atoms with Gasteiger partial charge in [-0.05, 0) is 24.5 Å². The van der Waals surface area contributed by atoms with Gasteiger partial charge in [0.15, 0.2) is 0 Å². The fourth-order valence-corrected chi connectivity index (χ4v) is 2.73. The lowest BCUT2D eigenvalue weighted by Crippen LogP contribution is -2.34. The minimum atomic E-state index is -1.16. The van der Waals surface area contributed by atoms with Crippen LogP contribution < -0.4 is 0 Å². The van der Waals surface area contributed by atoms with E-state index in [1.54, 1.807) is 12.2 Å². The van der Waals surface area contributed by atoms with Gasteiger partial charge in [-0.2, -0.15) is 5.26 Å². The Kier molecular flexibility index (Phi) is 3.94. The van der Waals surface area contributed by atoms with Crippen LogP contribution in [0.15, 0.2) is 58.9 Å². The second-order valence-corrected chi connectivity index (χ2v) is 5.03. The highest BCUT2D eigenvalue weighted by molar-refractivity contribution is 5.73. The standard InChI is InChI=1S/C17H15NO4/c1-20-16(19)17-21-10-12-5-2-3-7-13(12)15-11(9-18)6-4-8-14(15)22-17/h2,4-6,8,10,14,17H,3,7H2,1H3/b12-10?,15-13-. The number of ether oxygens (including phenoxy) is 3. The largest absolute Gasteiger partial charge is 0.464 e. The maximum absolute atomic E-state index is 11.8. The average molecular weight is 297 g/mol. The van der Waals surface area contributed by atoms with E-state index in [-0.39, 0.29) is 0 Å². The van der Waals surface area contributed by atoms with E-state index >= 15 is 0 Å². The van der Waals surface area contributed by atoms with Crippen molar-refractivity contribution in [3.8, 4) is 6.07 Å². The molecule has 0 fully saturated rings. The highest BCUT2D eigenvalue weighted by atomic mass is 16.7. The number of fused-ring (bicyclic) bond motifs is 2. The van der Waals surface area contributed by atoms with Crippen LogP contribution in [0.25, 0.3) is 0 Å². The molecule has 3 aliphatic rings. The van der Waals surface area contributed by atoms with Crippen molar-refractivity contribution in [2.75, 3.05) is 7.11 Å². The Morgan fingerprint density at radius 1 is 1.50 bits per heavy atom. The number of nitriles is 1. The molecule has 0 aromatic carbocycles. The number of rotatable bonds is 1. The number of carbonyl (C=O) groups excluding carboxylic acids is 1. The molecule has 1 aliphatic heterocycles. The van der Waals surface area contributed by atoms with Crippen molar-refractivity contribution < 1.29 is 19.0 Å². The number of methoxy groups -OCH3 is 1. The number of esters is 1. The topological polar surface area (TPSA) is 68.5 Å². The van der Waals surface area contributed by atoms with Crippen LogP contribution in [0.2, 0.25) is 0 Å². The smallest absolute Gasteiger partial charge is 0.376 e. The van der Waals surface area contributed by atoms with Crippen LogP contribution in [-0.2, 0) is 19.0 Å². The molecule has 0 aromatic heterocycles. The number of hydrogen-bond acceptors (Lipinski definition) is 5. The zero-order valence-electron chi connectivity index (χ0n) is 12.1. The molecule has 0 saturated heterocycles. The summed E-state index contributed by atoms with van der Waals surface area (Å²) in [7, 11) is 1.28. The van der Waals surface area contributed by atoms with E-state index in [1.165, 1.54) is 13.4 Å². The fraction of sp³-hybridized carbons (Fsp3) is 0.294. The van der Waals surface area contributed by atoms with E-state index in [4.69, 9.17) is 14.2 Å². The van der Waals surface area contributed by atoms with Crippen LogP contribution in [0.3, 0.4) is 0 Å². The second kappa shape index (κ2) is 6.04. The SMILES string of the molecule is COC(=O)C1OC=C2C=CCC/C2=C2\C(C#N)=CC=CC2O1. The Morgan fingerprint density at radius 3 is 3.14 bits per heavy atom. The minimum absolute atomic E-state index is 0.506. The first kappa shape index (κ1) is 14.4. The summed E-state index contributed by atoms with van der Waals surface area (Å²) in [4.78, 5) is 11.8. The molecule has 0 spiro atoms. The minimum Gasteiger partial charge on any atom is -0.464 e. The quantitative estimate of drug-likeness (QED) is 0.695. The molecular formula is C17H15NO4. The summed E-state index contributed by atoms with van der Waals surface area (Å²) in [6.07, 6.45) is 10.8. The van der Waals surface area contributed by atoms with Gasteiger partial charge < -0.3 is 14.2 Å². The van der Waals surface area contributed by atoms with Gasteiger partial charge in [-0.25, -0.2) is 4.79 Å². The van der Waals surface area contributed by atoms with E-state index in [0.29, 0.717) is 5.57 Å². The third kappa shape index (κ3) is 2.49. The Hall–Kier alpha value is -2.58. The molecule has 0 radical (unpaired) electrons. The van der Waals surface area contributed by atoms with Crippen molar-refractivity contribution in [1.82, 2.24) is 0 Å². The van der Waals surface area contributed by atoms with Gasteiger partial charge in [0, 0.05) is 11.1 Å². The third-order valence-electron chi connectivity index (χ3n) is 3.76. The zero-order valence-corrected chi connectivity index (χ0v) is 12.1. The molecule has 0 saturated carbocycles. The van der Waals surface area contributed by atoms with Gasteiger partial charge in [-0.15, -0.1) is 0 Å². The van der Waals surface area contributed by atoms with Gasteiger partial charge in [0.25, 0.3) is 6.29 Å². The van der Waals surface area contributed by atoms with Gasteiger partial charge in [0.1, 0.15) is 6.10 Å². The highest BCUT2D eigenvalue weighted by Crippen LogP contribution is 2.36. The monoisotopic (exact) mass is 297 g/mol. The molecule has 0 bridgehead atoms. The van der Waals surface area contributed by atoms with Crippen molar-refractivity contribution >= 4 is 5.97 Å². The zero-order chi connectivity index (χ0) is 15.5. The lowest BCUT2D eigenvalue weighted by Gasteiger charge is -2.30.